The van der Waals surface area contributed by atoms with E-state index in [1.807, 2.05) is 42.3 Å². The number of hydrogen-bond donors (Lipinski definition) is 1. The molecule has 0 fully saturated rings. The molecule has 1 aliphatic heterocycles. The third-order valence-corrected chi connectivity index (χ3v) is 4.46. The minimum absolute atomic E-state index is 0.0297. The van der Waals surface area contributed by atoms with Crippen LogP contribution in [0.5, 0.6) is 11.5 Å². The molecule has 6 heteroatoms. The molecule has 0 spiro atoms. The highest BCUT2D eigenvalue weighted by atomic mass is 16.5. The molecule has 0 aliphatic carbocycles. The van der Waals surface area contributed by atoms with Crippen molar-refractivity contribution in [1.82, 2.24) is 15.2 Å². The first-order chi connectivity index (χ1) is 12.6. The third kappa shape index (κ3) is 4.95. The summed E-state index contributed by atoms with van der Waals surface area (Å²) in [5.41, 5.74) is 2.30. The molecule has 3 rings (SSSR count). The maximum absolute atomic E-state index is 12.2. The highest BCUT2D eigenvalue weighted by Crippen LogP contribution is 2.30. The Kier molecular flexibility index (Phi) is 6.07. The lowest BCUT2D eigenvalue weighted by Gasteiger charge is -2.26. The smallest absolute Gasteiger partial charge is 0.234 e. The third-order valence-electron chi connectivity index (χ3n) is 4.46. The number of carbonyl (C=O) groups is 1. The largest absolute Gasteiger partial charge is 0.497 e. The molecule has 2 heterocycles. The second-order valence-corrected chi connectivity index (χ2v) is 6.69. The zero-order chi connectivity index (χ0) is 18.4. The van der Waals surface area contributed by atoms with Crippen LogP contribution in [0.1, 0.15) is 11.1 Å². The zero-order valence-corrected chi connectivity index (χ0v) is 15.3. The maximum atomic E-state index is 12.2. The molecule has 1 aromatic carbocycles. The predicted octanol–water partition coefficient (Wildman–Crippen LogP) is 1.89. The van der Waals surface area contributed by atoms with Gasteiger partial charge in [0.25, 0.3) is 0 Å². The van der Waals surface area contributed by atoms with Gasteiger partial charge in [-0.05, 0) is 42.8 Å². The monoisotopic (exact) mass is 355 g/mol. The van der Waals surface area contributed by atoms with Crippen molar-refractivity contribution in [3.63, 3.8) is 0 Å². The highest BCUT2D eigenvalue weighted by molar-refractivity contribution is 5.78. The Morgan fingerprint density at radius 1 is 1.35 bits per heavy atom. The van der Waals surface area contributed by atoms with Crippen LogP contribution in [0.25, 0.3) is 0 Å². The molecule has 1 N–H and O–H groups in total. The lowest BCUT2D eigenvalue weighted by molar-refractivity contribution is -0.122. The van der Waals surface area contributed by atoms with Gasteiger partial charge in [0, 0.05) is 37.5 Å². The SMILES string of the molecule is COc1ccc2c(c1)OCC(CNC(=O)CN(C)Cc1ccncc1)C2. The highest BCUT2D eigenvalue weighted by Gasteiger charge is 2.21. The van der Waals surface area contributed by atoms with Crippen LogP contribution in [0.2, 0.25) is 0 Å². The van der Waals surface area contributed by atoms with Gasteiger partial charge in [-0.15, -0.1) is 0 Å². The number of benzene rings is 1. The van der Waals surface area contributed by atoms with Crippen molar-refractivity contribution in [2.45, 2.75) is 13.0 Å². The van der Waals surface area contributed by atoms with Gasteiger partial charge < -0.3 is 14.8 Å². The molecule has 138 valence electrons. The van der Waals surface area contributed by atoms with Gasteiger partial charge in [-0.25, -0.2) is 0 Å². The number of likely N-dealkylation sites (N-methyl/N-ethyl adjacent to an activating group) is 1. The van der Waals surface area contributed by atoms with Crippen LogP contribution in [-0.4, -0.2) is 49.6 Å². The predicted molar refractivity (Wildman–Crippen MR) is 99.3 cm³/mol. The van der Waals surface area contributed by atoms with Gasteiger partial charge in [0.2, 0.25) is 5.91 Å². The summed E-state index contributed by atoms with van der Waals surface area (Å²) in [4.78, 5) is 18.2. The zero-order valence-electron chi connectivity index (χ0n) is 15.3. The lowest BCUT2D eigenvalue weighted by Crippen LogP contribution is -2.39. The fourth-order valence-electron chi connectivity index (χ4n) is 3.09. The van der Waals surface area contributed by atoms with Gasteiger partial charge in [-0.2, -0.15) is 0 Å². The molecule has 2 aromatic rings. The first-order valence-corrected chi connectivity index (χ1v) is 8.78. The number of nitrogens with zero attached hydrogens (tertiary/aromatic N) is 2. The Morgan fingerprint density at radius 3 is 2.92 bits per heavy atom. The average Bonchev–Trinajstić information content (AvgIpc) is 2.66. The number of pyridine rings is 1. The van der Waals surface area contributed by atoms with E-state index in [4.69, 9.17) is 9.47 Å². The summed E-state index contributed by atoms with van der Waals surface area (Å²) in [6.07, 6.45) is 4.42. The van der Waals surface area contributed by atoms with Gasteiger partial charge in [0.1, 0.15) is 11.5 Å². The van der Waals surface area contributed by atoms with E-state index in [0.717, 1.165) is 35.6 Å². The number of methoxy groups -OCH3 is 1. The van der Waals surface area contributed by atoms with Gasteiger partial charge >= 0.3 is 0 Å². The second-order valence-electron chi connectivity index (χ2n) is 6.69. The summed E-state index contributed by atoms with van der Waals surface area (Å²) in [6.45, 7) is 2.31. The minimum atomic E-state index is 0.0297. The van der Waals surface area contributed by atoms with Crippen LogP contribution in [0.4, 0.5) is 0 Å². The quantitative estimate of drug-likeness (QED) is 0.822. The Bertz CT molecular complexity index is 736. The molecule has 1 atom stereocenters. The van der Waals surface area contributed by atoms with E-state index in [9.17, 15) is 4.79 Å². The van der Waals surface area contributed by atoms with Crippen molar-refractivity contribution in [3.8, 4) is 11.5 Å². The van der Waals surface area contributed by atoms with Gasteiger partial charge in [-0.3, -0.25) is 14.7 Å². The van der Waals surface area contributed by atoms with Crippen LogP contribution in [-0.2, 0) is 17.8 Å². The number of fused-ring (bicyclic) bond motifs is 1. The van der Waals surface area contributed by atoms with Crippen LogP contribution in [0.3, 0.4) is 0 Å². The molecule has 1 aliphatic rings. The van der Waals surface area contributed by atoms with Crippen LogP contribution in [0.15, 0.2) is 42.7 Å². The van der Waals surface area contributed by atoms with E-state index in [2.05, 4.69) is 10.3 Å². The van der Waals surface area contributed by atoms with Crippen molar-refractivity contribution in [2.24, 2.45) is 5.92 Å². The van der Waals surface area contributed by atoms with E-state index < -0.39 is 0 Å². The molecular weight excluding hydrogens is 330 g/mol. The number of carbonyl (C=O) groups excluding carboxylic acids is 1. The van der Waals surface area contributed by atoms with Gasteiger partial charge in [-0.1, -0.05) is 6.07 Å². The average molecular weight is 355 g/mol. The fraction of sp³-hybridized carbons (Fsp3) is 0.400. The van der Waals surface area contributed by atoms with Crippen LogP contribution >= 0.6 is 0 Å². The fourth-order valence-corrected chi connectivity index (χ4v) is 3.09. The maximum Gasteiger partial charge on any atom is 0.234 e. The molecule has 0 bridgehead atoms. The lowest BCUT2D eigenvalue weighted by atomic mass is 9.96. The van der Waals surface area contributed by atoms with Crippen molar-refractivity contribution in [2.75, 3.05) is 33.9 Å². The molecule has 0 radical (unpaired) electrons. The van der Waals surface area contributed by atoms with Crippen molar-refractivity contribution in [3.05, 3.63) is 53.9 Å². The summed E-state index contributed by atoms with van der Waals surface area (Å²) in [5, 5.41) is 3.02. The first kappa shape index (κ1) is 18.2. The molecule has 1 amide bonds. The second kappa shape index (κ2) is 8.67. The number of nitrogens with one attached hydrogen (secondary N) is 1. The number of rotatable bonds is 7. The van der Waals surface area contributed by atoms with Gasteiger partial charge in [0.05, 0.1) is 20.3 Å². The molecule has 1 unspecified atom stereocenters. The Hall–Kier alpha value is -2.60. The van der Waals surface area contributed by atoms with E-state index >= 15 is 0 Å². The number of aromatic nitrogens is 1. The summed E-state index contributed by atoms with van der Waals surface area (Å²) in [7, 11) is 3.59. The summed E-state index contributed by atoms with van der Waals surface area (Å²) in [6, 6.07) is 9.81. The Morgan fingerprint density at radius 2 is 2.15 bits per heavy atom. The number of ether oxygens (including phenoxy) is 2. The van der Waals surface area contributed by atoms with Crippen molar-refractivity contribution < 1.29 is 14.3 Å². The molecule has 26 heavy (non-hydrogen) atoms. The van der Waals surface area contributed by atoms with E-state index in [0.29, 0.717) is 19.7 Å². The molecule has 1 aromatic heterocycles. The van der Waals surface area contributed by atoms with Crippen molar-refractivity contribution in [1.29, 1.82) is 0 Å². The van der Waals surface area contributed by atoms with E-state index in [-0.39, 0.29) is 11.8 Å². The van der Waals surface area contributed by atoms with E-state index in [1.165, 1.54) is 0 Å². The number of amides is 1. The summed E-state index contributed by atoms with van der Waals surface area (Å²) >= 11 is 0. The summed E-state index contributed by atoms with van der Waals surface area (Å²) < 4.78 is 11.0. The first-order valence-electron chi connectivity index (χ1n) is 8.78. The molecule has 0 saturated carbocycles. The molecular formula is C20H25N3O3. The Balaban J connectivity index is 1.43. The van der Waals surface area contributed by atoms with Crippen LogP contribution < -0.4 is 14.8 Å². The normalized spacial score (nSPS) is 15.9. The summed E-state index contributed by atoms with van der Waals surface area (Å²) in [5.74, 6) is 1.99. The minimum Gasteiger partial charge on any atom is -0.497 e. The Labute approximate surface area is 154 Å². The van der Waals surface area contributed by atoms with Crippen LogP contribution in [0, 0.1) is 5.92 Å². The van der Waals surface area contributed by atoms with Gasteiger partial charge in [0.15, 0.2) is 0 Å². The van der Waals surface area contributed by atoms with E-state index in [1.54, 1.807) is 19.5 Å². The van der Waals surface area contributed by atoms with Crippen molar-refractivity contribution >= 4 is 5.91 Å². The topological polar surface area (TPSA) is 63.7 Å². The standard InChI is InChI=1S/C20H25N3O3/c1-23(12-15-5-7-21-8-6-15)13-20(24)22-11-16-9-17-3-4-18(25-2)10-19(17)26-14-16/h3-8,10,16H,9,11-14H2,1-2H3,(H,22,24). The number of hydrogen-bond acceptors (Lipinski definition) is 5. The molecule has 6 nitrogen and oxygen atoms in total. The molecule has 0 saturated heterocycles.